The first-order chi connectivity index (χ1) is 5.45. The summed E-state index contributed by atoms with van der Waals surface area (Å²) in [6.45, 7) is 4.58. The van der Waals surface area contributed by atoms with Crippen LogP contribution in [0.1, 0.15) is 6.42 Å². The van der Waals surface area contributed by atoms with Gasteiger partial charge in [0.1, 0.15) is 6.61 Å². The molecule has 0 rings (SSSR count). The first-order valence-electron chi connectivity index (χ1n) is 4.02. The molecule has 0 aliphatic heterocycles. The Balaban J connectivity index is 0. The molecule has 0 aliphatic carbocycles. The van der Waals surface area contributed by atoms with Gasteiger partial charge in [-0.25, -0.2) is 0 Å². The maximum absolute atomic E-state index is 11.0. The van der Waals surface area contributed by atoms with Gasteiger partial charge in [-0.1, -0.05) is 12.7 Å². The van der Waals surface area contributed by atoms with Crippen molar-refractivity contribution in [1.82, 2.24) is 0 Å². The molecule has 0 atom stereocenters. The fraction of sp³-hybridized carbons (Fsp3) is 0.667. The van der Waals surface area contributed by atoms with Gasteiger partial charge in [-0.3, -0.25) is 4.79 Å². The number of hydrogen-bond acceptors (Lipinski definition) is 3. The molecule has 1 N–H and O–H groups in total. The van der Waals surface area contributed by atoms with Crippen LogP contribution in [0.25, 0.3) is 0 Å². The van der Waals surface area contributed by atoms with Crippen LogP contribution >= 0.6 is 0 Å². The van der Waals surface area contributed by atoms with Crippen LogP contribution in [-0.2, 0) is 9.53 Å². The second kappa shape index (κ2) is 6.62. The van der Waals surface area contributed by atoms with Gasteiger partial charge in [0.15, 0.2) is 0 Å². The third-order valence-corrected chi connectivity index (χ3v) is 1.35. The Morgan fingerprint density at radius 3 is 2.38 bits per heavy atom. The van der Waals surface area contributed by atoms with E-state index in [2.05, 4.69) is 6.58 Å². The Bertz CT molecular complexity index is 161. The highest BCUT2D eigenvalue weighted by Crippen LogP contribution is 1.95. The number of quaternary nitrogens is 1. The summed E-state index contributed by atoms with van der Waals surface area (Å²) in [7, 11) is 6.13. The molecular weight excluding hydrogens is 170 g/mol. The third kappa shape index (κ3) is 11.1. The number of rotatable bonds is 5. The molecule has 78 valence electrons. The lowest BCUT2D eigenvalue weighted by atomic mass is 10.4. The summed E-state index contributed by atoms with van der Waals surface area (Å²) in [6.07, 6.45) is 2.04. The summed E-state index contributed by atoms with van der Waals surface area (Å²) >= 11 is 0. The molecule has 13 heavy (non-hydrogen) atoms. The predicted octanol–water partition coefficient (Wildman–Crippen LogP) is 0.635. The van der Waals surface area contributed by atoms with Gasteiger partial charge in [-0.2, -0.15) is 0 Å². The molecule has 0 aromatic rings. The van der Waals surface area contributed by atoms with Crippen LogP contribution in [0.3, 0.4) is 0 Å². The van der Waals surface area contributed by atoms with E-state index in [1.54, 1.807) is 6.08 Å². The number of nitrogens with zero attached hydrogens (tertiary/aromatic N) is 1. The van der Waals surface area contributed by atoms with E-state index >= 15 is 0 Å². The average molecular weight is 189 g/mol. The van der Waals surface area contributed by atoms with Gasteiger partial charge in [0.2, 0.25) is 0 Å². The van der Waals surface area contributed by atoms with E-state index in [-0.39, 0.29) is 11.4 Å². The smallest absolute Gasteiger partial charge is 0.311 e. The van der Waals surface area contributed by atoms with Gasteiger partial charge in [-0.15, -0.1) is 0 Å². The number of carbonyl (C=O) groups excluding carboxylic acids is 1. The summed E-state index contributed by atoms with van der Waals surface area (Å²) in [5.74, 6) is -0.150. The Kier molecular flexibility index (Phi) is 7.46. The van der Waals surface area contributed by atoms with E-state index in [1.165, 1.54) is 0 Å². The Morgan fingerprint density at radius 1 is 1.46 bits per heavy atom. The second-order valence-corrected chi connectivity index (χ2v) is 3.74. The highest BCUT2D eigenvalue weighted by molar-refractivity contribution is 5.69. The topological polar surface area (TPSA) is 56.3 Å². The molecule has 0 amide bonds. The van der Waals surface area contributed by atoms with Gasteiger partial charge in [-0.05, 0) is 0 Å². The summed E-state index contributed by atoms with van der Waals surface area (Å²) in [4.78, 5) is 11.0. The van der Waals surface area contributed by atoms with E-state index in [4.69, 9.17) is 4.74 Å². The largest absolute Gasteiger partial charge is 0.870 e. The van der Waals surface area contributed by atoms with Crippen molar-refractivity contribution in [3.05, 3.63) is 12.7 Å². The van der Waals surface area contributed by atoms with Crippen molar-refractivity contribution in [2.75, 3.05) is 34.3 Å². The molecular formula is C9H19NO3. The molecule has 0 saturated carbocycles. The second-order valence-electron chi connectivity index (χ2n) is 3.74. The molecule has 4 heteroatoms. The van der Waals surface area contributed by atoms with Gasteiger partial charge in [0.25, 0.3) is 0 Å². The third-order valence-electron chi connectivity index (χ3n) is 1.35. The van der Waals surface area contributed by atoms with E-state index in [0.29, 0.717) is 13.0 Å². The van der Waals surface area contributed by atoms with Crippen molar-refractivity contribution in [3.63, 3.8) is 0 Å². The number of ether oxygens (including phenoxy) is 1. The highest BCUT2D eigenvalue weighted by atomic mass is 16.5. The molecule has 0 bridgehead atoms. The van der Waals surface area contributed by atoms with Crippen molar-refractivity contribution in [3.8, 4) is 0 Å². The van der Waals surface area contributed by atoms with Crippen molar-refractivity contribution in [2.45, 2.75) is 6.42 Å². The minimum atomic E-state index is -0.150. The minimum Gasteiger partial charge on any atom is -0.870 e. The van der Waals surface area contributed by atoms with Gasteiger partial charge >= 0.3 is 5.97 Å². The molecule has 0 radical (unpaired) electrons. The van der Waals surface area contributed by atoms with Gasteiger partial charge < -0.3 is 14.7 Å². The maximum atomic E-state index is 11.0. The summed E-state index contributed by atoms with van der Waals surface area (Å²) in [6, 6.07) is 0. The van der Waals surface area contributed by atoms with Crippen LogP contribution in [-0.4, -0.2) is 50.2 Å². The highest BCUT2D eigenvalue weighted by Gasteiger charge is 2.10. The monoisotopic (exact) mass is 189 g/mol. The maximum Gasteiger partial charge on any atom is 0.311 e. The normalized spacial score (nSPS) is 10.1. The minimum absolute atomic E-state index is 0. The number of hydrogen-bond donors (Lipinski definition) is 0. The lowest BCUT2D eigenvalue weighted by Crippen LogP contribution is -2.36. The van der Waals surface area contributed by atoms with Crippen LogP contribution in [0.5, 0.6) is 0 Å². The molecule has 0 aliphatic rings. The number of esters is 1. The van der Waals surface area contributed by atoms with Crippen molar-refractivity contribution in [1.29, 1.82) is 0 Å². The molecule has 4 nitrogen and oxygen atoms in total. The molecule has 0 unspecified atom stereocenters. The standard InChI is InChI=1S/C9H18NO2.H2O/c1-5-8-12-9(11)6-7-10(2,3)4;/h5H,1,6-8H2,2-4H3;1H2/q+1;/p-1. The van der Waals surface area contributed by atoms with Crippen LogP contribution in [0.15, 0.2) is 12.7 Å². The van der Waals surface area contributed by atoms with Crippen LogP contribution in [0.2, 0.25) is 0 Å². The number of carbonyl (C=O) groups is 1. The zero-order valence-corrected chi connectivity index (χ0v) is 8.62. The van der Waals surface area contributed by atoms with Gasteiger partial charge in [0, 0.05) is 0 Å². The fourth-order valence-corrected chi connectivity index (χ4v) is 0.651. The zero-order chi connectivity index (χ0) is 9.61. The molecule has 0 spiro atoms. The molecule has 0 aromatic carbocycles. The molecule has 0 heterocycles. The van der Waals surface area contributed by atoms with Crippen LogP contribution in [0.4, 0.5) is 0 Å². The zero-order valence-electron chi connectivity index (χ0n) is 8.62. The predicted molar refractivity (Wildman–Crippen MR) is 50.6 cm³/mol. The fourth-order valence-electron chi connectivity index (χ4n) is 0.651. The molecule has 0 saturated heterocycles. The Labute approximate surface area is 79.7 Å². The van der Waals surface area contributed by atoms with E-state index in [9.17, 15) is 4.79 Å². The van der Waals surface area contributed by atoms with Crippen LogP contribution in [0, 0.1) is 0 Å². The quantitative estimate of drug-likeness (QED) is 0.362. The lowest BCUT2D eigenvalue weighted by Gasteiger charge is -2.22. The SMILES string of the molecule is C=CCOC(=O)CC[N+](C)(C)C.[OH-]. The molecule has 0 aromatic heterocycles. The first kappa shape index (κ1) is 14.6. The van der Waals surface area contributed by atoms with Crippen molar-refractivity contribution < 1.29 is 19.5 Å². The van der Waals surface area contributed by atoms with Crippen molar-refractivity contribution >= 4 is 5.97 Å². The Morgan fingerprint density at radius 2 is 2.00 bits per heavy atom. The molecule has 0 fully saturated rings. The Hall–Kier alpha value is -0.870. The lowest BCUT2D eigenvalue weighted by molar-refractivity contribution is -0.869. The van der Waals surface area contributed by atoms with E-state index in [1.807, 2.05) is 21.1 Å². The summed E-state index contributed by atoms with van der Waals surface area (Å²) < 4.78 is 5.60. The first-order valence-corrected chi connectivity index (χ1v) is 4.02. The summed E-state index contributed by atoms with van der Waals surface area (Å²) in [5, 5.41) is 0. The van der Waals surface area contributed by atoms with Crippen molar-refractivity contribution in [2.24, 2.45) is 0 Å². The van der Waals surface area contributed by atoms with Gasteiger partial charge in [0.05, 0.1) is 34.1 Å². The van der Waals surface area contributed by atoms with E-state index < -0.39 is 0 Å². The van der Waals surface area contributed by atoms with Crippen LogP contribution < -0.4 is 0 Å². The average Bonchev–Trinajstić information content (AvgIpc) is 1.95. The van der Waals surface area contributed by atoms with E-state index in [0.717, 1.165) is 11.0 Å². The summed E-state index contributed by atoms with van der Waals surface area (Å²) in [5.41, 5.74) is 0.